The molecular formula is C12H13ClN4. The number of hydrogen-bond acceptors (Lipinski definition) is 4. The quantitative estimate of drug-likeness (QED) is 0.871. The van der Waals surface area contributed by atoms with Crippen LogP contribution < -0.4 is 11.1 Å². The maximum atomic E-state index is 5.94. The van der Waals surface area contributed by atoms with Crippen LogP contribution in [0.4, 0.5) is 5.82 Å². The summed E-state index contributed by atoms with van der Waals surface area (Å²) in [6, 6.07) is 8.07. The zero-order valence-electron chi connectivity index (χ0n) is 9.23. The molecule has 0 atom stereocenters. The van der Waals surface area contributed by atoms with Crippen molar-refractivity contribution in [3.63, 3.8) is 0 Å². The third kappa shape index (κ3) is 3.15. The first kappa shape index (κ1) is 11.8. The Kier molecular flexibility index (Phi) is 3.90. The molecule has 1 aromatic heterocycles. The Bertz CT molecular complexity index is 501. The minimum atomic E-state index is 0.516. The number of hydrogen-bond donors (Lipinski definition) is 2. The average molecular weight is 249 g/mol. The van der Waals surface area contributed by atoms with Gasteiger partial charge in [-0.3, -0.25) is 0 Å². The highest BCUT2D eigenvalue weighted by Crippen LogP contribution is 2.17. The molecule has 1 aromatic carbocycles. The normalized spacial score (nSPS) is 10.2. The number of nitrogens with two attached hydrogens (primary N) is 1. The van der Waals surface area contributed by atoms with Crippen LogP contribution in [-0.2, 0) is 13.1 Å². The van der Waals surface area contributed by atoms with Crippen LogP contribution in [0, 0.1) is 0 Å². The van der Waals surface area contributed by atoms with E-state index in [9.17, 15) is 0 Å². The summed E-state index contributed by atoms with van der Waals surface area (Å²) >= 11 is 5.94. The van der Waals surface area contributed by atoms with Gasteiger partial charge in [-0.2, -0.15) is 0 Å². The first-order chi connectivity index (χ1) is 8.29. The summed E-state index contributed by atoms with van der Waals surface area (Å²) in [6.45, 7) is 1.20. The van der Waals surface area contributed by atoms with Crippen molar-refractivity contribution in [2.75, 3.05) is 5.32 Å². The van der Waals surface area contributed by atoms with E-state index < -0.39 is 0 Å². The molecule has 0 aliphatic carbocycles. The summed E-state index contributed by atoms with van der Waals surface area (Å²) in [6.07, 6.45) is 3.03. The van der Waals surface area contributed by atoms with Crippen molar-refractivity contribution in [1.82, 2.24) is 9.97 Å². The molecule has 0 radical (unpaired) electrons. The van der Waals surface area contributed by atoms with E-state index >= 15 is 0 Å². The van der Waals surface area contributed by atoms with Crippen molar-refractivity contribution >= 4 is 17.4 Å². The van der Waals surface area contributed by atoms with E-state index in [1.165, 1.54) is 6.33 Å². The van der Waals surface area contributed by atoms with Gasteiger partial charge < -0.3 is 11.1 Å². The first-order valence-corrected chi connectivity index (χ1v) is 5.64. The Labute approximate surface area is 105 Å². The molecule has 2 aromatic rings. The van der Waals surface area contributed by atoms with Crippen molar-refractivity contribution in [3.8, 4) is 0 Å². The smallest absolute Gasteiger partial charge is 0.148 e. The summed E-state index contributed by atoms with van der Waals surface area (Å²) in [7, 11) is 0. The van der Waals surface area contributed by atoms with E-state index in [1.807, 2.05) is 18.2 Å². The average Bonchev–Trinajstić information content (AvgIpc) is 2.38. The Morgan fingerprint density at radius 2 is 2.12 bits per heavy atom. The van der Waals surface area contributed by atoms with Gasteiger partial charge in [0.25, 0.3) is 0 Å². The van der Waals surface area contributed by atoms with Gasteiger partial charge in [0.2, 0.25) is 0 Å². The van der Waals surface area contributed by atoms with E-state index in [0.717, 1.165) is 11.1 Å². The molecule has 3 N–H and O–H groups in total. The van der Waals surface area contributed by atoms with E-state index in [0.29, 0.717) is 23.9 Å². The summed E-state index contributed by atoms with van der Waals surface area (Å²) in [4.78, 5) is 7.88. The zero-order valence-corrected chi connectivity index (χ0v) is 9.98. The molecule has 0 fully saturated rings. The number of nitrogens with one attached hydrogen (secondary N) is 1. The van der Waals surface area contributed by atoms with Crippen LogP contribution in [0.25, 0.3) is 0 Å². The monoisotopic (exact) mass is 248 g/mol. The molecule has 0 unspecified atom stereocenters. The third-order valence-corrected chi connectivity index (χ3v) is 2.63. The van der Waals surface area contributed by atoms with Crippen LogP contribution in [0.3, 0.4) is 0 Å². The number of nitrogens with zero attached hydrogens (tertiary/aromatic N) is 2. The van der Waals surface area contributed by atoms with Gasteiger partial charge in [0.1, 0.15) is 17.2 Å². The Balaban J connectivity index is 2.05. The Morgan fingerprint density at radius 1 is 1.29 bits per heavy atom. The first-order valence-electron chi connectivity index (χ1n) is 5.27. The lowest BCUT2D eigenvalue weighted by atomic mass is 10.1. The van der Waals surface area contributed by atoms with Crippen LogP contribution in [0.15, 0.2) is 36.8 Å². The van der Waals surface area contributed by atoms with Crippen LogP contribution in [0.1, 0.15) is 11.1 Å². The molecule has 5 heteroatoms. The summed E-state index contributed by atoms with van der Waals surface area (Å²) in [5.74, 6) is 0.639. The lowest BCUT2D eigenvalue weighted by molar-refractivity contribution is 1.04. The maximum absolute atomic E-state index is 5.94. The molecule has 0 aliphatic rings. The zero-order chi connectivity index (χ0) is 12.1. The van der Waals surface area contributed by atoms with Crippen molar-refractivity contribution in [3.05, 3.63) is 52.9 Å². The molecular weight excluding hydrogens is 236 g/mol. The Hall–Kier alpha value is -1.65. The largest absolute Gasteiger partial charge is 0.365 e. The minimum absolute atomic E-state index is 0.516. The fraction of sp³-hybridized carbons (Fsp3) is 0.167. The lowest BCUT2D eigenvalue weighted by Crippen LogP contribution is -2.03. The van der Waals surface area contributed by atoms with Crippen LogP contribution in [0.5, 0.6) is 0 Å². The number of aromatic nitrogens is 2. The molecule has 0 spiro atoms. The second-order valence-corrected chi connectivity index (χ2v) is 4.00. The molecule has 0 aliphatic heterocycles. The van der Waals surface area contributed by atoms with Crippen LogP contribution in [0.2, 0.25) is 5.02 Å². The fourth-order valence-electron chi connectivity index (χ4n) is 1.50. The Morgan fingerprint density at radius 3 is 2.88 bits per heavy atom. The SMILES string of the molecule is NCc1cccc(CNc2ncncc2Cl)c1. The van der Waals surface area contributed by atoms with Crippen molar-refractivity contribution in [2.24, 2.45) is 5.73 Å². The van der Waals surface area contributed by atoms with Gasteiger partial charge >= 0.3 is 0 Å². The summed E-state index contributed by atoms with van der Waals surface area (Å²) in [5, 5.41) is 3.67. The van der Waals surface area contributed by atoms with Gasteiger partial charge in [0.05, 0.1) is 6.20 Å². The molecule has 4 nitrogen and oxygen atoms in total. The molecule has 0 saturated carbocycles. The maximum Gasteiger partial charge on any atom is 0.148 e. The van der Waals surface area contributed by atoms with Crippen molar-refractivity contribution < 1.29 is 0 Å². The second-order valence-electron chi connectivity index (χ2n) is 3.60. The highest BCUT2D eigenvalue weighted by atomic mass is 35.5. The standard InChI is InChI=1S/C12H13ClN4/c13-11-7-15-8-17-12(11)16-6-10-3-1-2-9(4-10)5-14/h1-4,7-8H,5-6,14H2,(H,15,16,17). The summed E-state index contributed by atoms with van der Waals surface area (Å²) < 4.78 is 0. The van der Waals surface area contributed by atoms with Gasteiger partial charge in [0.15, 0.2) is 0 Å². The van der Waals surface area contributed by atoms with E-state index in [1.54, 1.807) is 6.20 Å². The van der Waals surface area contributed by atoms with Crippen LogP contribution in [-0.4, -0.2) is 9.97 Å². The van der Waals surface area contributed by atoms with Gasteiger partial charge in [0, 0.05) is 13.1 Å². The van der Waals surface area contributed by atoms with Gasteiger partial charge in [-0.05, 0) is 11.1 Å². The number of benzene rings is 1. The second kappa shape index (κ2) is 5.61. The third-order valence-electron chi connectivity index (χ3n) is 2.35. The minimum Gasteiger partial charge on any atom is -0.365 e. The van der Waals surface area contributed by atoms with E-state index in [-0.39, 0.29) is 0 Å². The summed E-state index contributed by atoms with van der Waals surface area (Å²) in [5.41, 5.74) is 7.84. The number of halogens is 1. The fourth-order valence-corrected chi connectivity index (χ4v) is 1.67. The molecule has 0 amide bonds. The van der Waals surface area contributed by atoms with Crippen molar-refractivity contribution in [1.29, 1.82) is 0 Å². The molecule has 17 heavy (non-hydrogen) atoms. The van der Waals surface area contributed by atoms with Gasteiger partial charge in [-0.1, -0.05) is 35.9 Å². The predicted octanol–water partition coefficient (Wildman–Crippen LogP) is 2.20. The number of anilines is 1. The highest BCUT2D eigenvalue weighted by Gasteiger charge is 2.01. The predicted molar refractivity (Wildman–Crippen MR) is 68.7 cm³/mol. The van der Waals surface area contributed by atoms with Crippen LogP contribution >= 0.6 is 11.6 Å². The lowest BCUT2D eigenvalue weighted by Gasteiger charge is -2.07. The number of rotatable bonds is 4. The van der Waals surface area contributed by atoms with Gasteiger partial charge in [-0.15, -0.1) is 0 Å². The molecule has 0 bridgehead atoms. The van der Waals surface area contributed by atoms with E-state index in [2.05, 4.69) is 21.4 Å². The van der Waals surface area contributed by atoms with Crippen molar-refractivity contribution in [2.45, 2.75) is 13.1 Å². The highest BCUT2D eigenvalue weighted by molar-refractivity contribution is 6.32. The van der Waals surface area contributed by atoms with E-state index in [4.69, 9.17) is 17.3 Å². The topological polar surface area (TPSA) is 63.8 Å². The molecule has 88 valence electrons. The molecule has 0 saturated heterocycles. The van der Waals surface area contributed by atoms with Gasteiger partial charge in [-0.25, -0.2) is 9.97 Å². The molecule has 1 heterocycles. The molecule has 2 rings (SSSR count).